The number of carboxylic acids is 1. The van der Waals surface area contributed by atoms with Gasteiger partial charge in [0.2, 0.25) is 11.2 Å². The minimum atomic E-state index is -1.38. The number of benzene rings is 1. The Bertz CT molecular complexity index is 988. The summed E-state index contributed by atoms with van der Waals surface area (Å²) in [6, 6.07) is 7.30. The van der Waals surface area contributed by atoms with Gasteiger partial charge in [-0.25, -0.2) is 4.79 Å². The van der Waals surface area contributed by atoms with Gasteiger partial charge in [0.25, 0.3) is 18.3 Å². The molecule has 0 saturated carbocycles. The van der Waals surface area contributed by atoms with Gasteiger partial charge in [0.1, 0.15) is 17.1 Å². The van der Waals surface area contributed by atoms with E-state index < -0.39 is 45.2 Å². The first-order valence-electron chi connectivity index (χ1n) is 9.64. The second kappa shape index (κ2) is 9.37. The summed E-state index contributed by atoms with van der Waals surface area (Å²) in [5.74, 6) is -2.63. The van der Waals surface area contributed by atoms with Crippen molar-refractivity contribution in [1.29, 1.82) is 0 Å². The molecular weight excluding hydrogens is 456 g/mol. The first kappa shape index (κ1) is 23.9. The molecule has 2 N–H and O–H groups in total. The maximum absolute atomic E-state index is 12.8. The van der Waals surface area contributed by atoms with Crippen molar-refractivity contribution < 1.29 is 33.8 Å². The van der Waals surface area contributed by atoms with Crippen molar-refractivity contribution in [3.8, 4) is 0 Å². The summed E-state index contributed by atoms with van der Waals surface area (Å²) in [4.78, 5) is 62.0. The lowest BCUT2D eigenvalue weighted by Crippen LogP contribution is -2.71. The van der Waals surface area contributed by atoms with Crippen LogP contribution in [0.1, 0.15) is 32.4 Å². The van der Waals surface area contributed by atoms with Crippen LogP contribution in [-0.4, -0.2) is 61.3 Å². The third kappa shape index (κ3) is 4.83. The number of amides is 2. The normalized spacial score (nSPS) is 21.2. The molecule has 3 rings (SSSR count). The molecule has 2 unspecified atom stereocenters. The van der Waals surface area contributed by atoms with Gasteiger partial charge < -0.3 is 15.2 Å². The fourth-order valence-electron chi connectivity index (χ4n) is 3.32. The minimum Gasteiger partial charge on any atom is -0.477 e. The zero-order valence-corrected chi connectivity index (χ0v) is 19.2. The molecule has 11 heteroatoms. The van der Waals surface area contributed by atoms with Crippen molar-refractivity contribution in [2.45, 2.75) is 43.0 Å². The number of aliphatic carboxylic acids is 1. The molecule has 1 aromatic carbocycles. The molecule has 0 aliphatic carbocycles. The van der Waals surface area contributed by atoms with Gasteiger partial charge in [0.05, 0.1) is 0 Å². The summed E-state index contributed by atoms with van der Waals surface area (Å²) in [6.45, 7) is 5.65. The van der Waals surface area contributed by atoms with Crippen molar-refractivity contribution in [1.82, 2.24) is 10.2 Å². The molecule has 3 atom stereocenters. The lowest BCUT2D eigenvalue weighted by molar-refractivity contribution is -0.154. The van der Waals surface area contributed by atoms with Gasteiger partial charge in [-0.1, -0.05) is 62.9 Å². The van der Waals surface area contributed by atoms with Crippen LogP contribution >= 0.6 is 23.5 Å². The van der Waals surface area contributed by atoms with Gasteiger partial charge in [-0.3, -0.25) is 24.1 Å². The van der Waals surface area contributed by atoms with Crippen LogP contribution in [-0.2, 0) is 28.7 Å². The maximum Gasteiger partial charge on any atom is 0.353 e. The van der Waals surface area contributed by atoms with E-state index in [9.17, 15) is 29.1 Å². The molecule has 2 heterocycles. The summed E-state index contributed by atoms with van der Waals surface area (Å²) in [6.07, 6.45) is -1.25. The maximum atomic E-state index is 12.8. The van der Waals surface area contributed by atoms with Crippen LogP contribution in [0.15, 0.2) is 41.6 Å². The highest BCUT2D eigenvalue weighted by molar-refractivity contribution is 8.15. The summed E-state index contributed by atoms with van der Waals surface area (Å²) in [5, 5.41) is 11.2. The average molecular weight is 479 g/mol. The van der Waals surface area contributed by atoms with Crippen molar-refractivity contribution >= 4 is 52.9 Å². The number of β-lactam (4-membered cyclic amide) rings is 1. The first-order valence-corrected chi connectivity index (χ1v) is 11.5. The molecule has 32 heavy (non-hydrogen) atoms. The Hall–Kier alpha value is -2.79. The third-order valence-corrected chi connectivity index (χ3v) is 6.97. The van der Waals surface area contributed by atoms with E-state index in [2.05, 4.69) is 5.32 Å². The van der Waals surface area contributed by atoms with Gasteiger partial charge in [-0.15, -0.1) is 11.8 Å². The number of carboxylic acid groups (broad SMARTS) is 1. The smallest absolute Gasteiger partial charge is 0.353 e. The van der Waals surface area contributed by atoms with Crippen LogP contribution in [0.4, 0.5) is 0 Å². The molecule has 9 nitrogen and oxygen atoms in total. The molecule has 1 saturated heterocycles. The SMILES string of the molecule is CC(C)(C)SC(=O)C1=C(C(=O)O)N2C(=O)C(NC(=O)C(OC=O)c3ccccc3)[C@@H]2SC1. The number of thioether (sulfide) groups is 2. The average Bonchev–Trinajstić information content (AvgIpc) is 2.73. The number of nitrogens with one attached hydrogen (secondary N) is 1. The summed E-state index contributed by atoms with van der Waals surface area (Å²) in [7, 11) is 0. The Morgan fingerprint density at radius 3 is 2.50 bits per heavy atom. The Balaban J connectivity index is 1.80. The molecule has 0 aromatic heterocycles. The van der Waals surface area contributed by atoms with Crippen molar-refractivity contribution in [2.75, 3.05) is 5.75 Å². The fraction of sp³-hybridized carbons (Fsp3) is 0.381. The van der Waals surface area contributed by atoms with Crippen molar-refractivity contribution in [3.05, 3.63) is 47.2 Å². The van der Waals surface area contributed by atoms with E-state index in [1.54, 1.807) is 30.3 Å². The quantitative estimate of drug-likeness (QED) is 0.444. The van der Waals surface area contributed by atoms with Gasteiger partial charge >= 0.3 is 5.97 Å². The van der Waals surface area contributed by atoms with Crippen LogP contribution in [0.2, 0.25) is 0 Å². The predicted octanol–water partition coefficient (Wildman–Crippen LogP) is 1.70. The lowest BCUT2D eigenvalue weighted by atomic mass is 10.0. The lowest BCUT2D eigenvalue weighted by Gasteiger charge is -2.49. The molecule has 2 amide bonds. The van der Waals surface area contributed by atoms with Gasteiger partial charge in [-0.05, 0) is 0 Å². The highest BCUT2D eigenvalue weighted by atomic mass is 32.2. The number of nitrogens with zero attached hydrogens (tertiary/aromatic N) is 1. The van der Waals surface area contributed by atoms with E-state index >= 15 is 0 Å². The topological polar surface area (TPSA) is 130 Å². The third-order valence-electron chi connectivity index (χ3n) is 4.65. The van der Waals surface area contributed by atoms with Crippen molar-refractivity contribution in [2.24, 2.45) is 0 Å². The molecule has 2 aliphatic rings. The Morgan fingerprint density at radius 1 is 1.28 bits per heavy atom. The number of fused-ring (bicyclic) bond motifs is 1. The summed E-state index contributed by atoms with van der Waals surface area (Å²) < 4.78 is 4.49. The number of hydrogen-bond acceptors (Lipinski definition) is 8. The zero-order valence-electron chi connectivity index (χ0n) is 17.6. The van der Waals surface area contributed by atoms with E-state index in [0.717, 1.165) is 16.7 Å². The van der Waals surface area contributed by atoms with Crippen molar-refractivity contribution in [3.63, 3.8) is 0 Å². The number of carbonyl (C=O) groups excluding carboxylic acids is 4. The largest absolute Gasteiger partial charge is 0.477 e. The highest BCUT2D eigenvalue weighted by Gasteiger charge is 2.55. The molecule has 0 bridgehead atoms. The minimum absolute atomic E-state index is 0.0586. The van der Waals surface area contributed by atoms with Crippen LogP contribution in [0.5, 0.6) is 0 Å². The number of hydrogen-bond donors (Lipinski definition) is 2. The zero-order chi connectivity index (χ0) is 23.6. The van der Waals surface area contributed by atoms with E-state index in [1.807, 2.05) is 20.8 Å². The van der Waals surface area contributed by atoms with Crippen LogP contribution < -0.4 is 5.32 Å². The molecule has 2 aliphatic heterocycles. The van der Waals surface area contributed by atoms with Crippen LogP contribution in [0.3, 0.4) is 0 Å². The Kier molecular flexibility index (Phi) is 6.99. The predicted molar refractivity (Wildman–Crippen MR) is 118 cm³/mol. The second-order valence-electron chi connectivity index (χ2n) is 8.05. The Labute approximate surface area is 192 Å². The van der Waals surface area contributed by atoms with E-state index in [-0.39, 0.29) is 23.5 Å². The molecular formula is C21H22N2O7S2. The monoisotopic (exact) mass is 478 g/mol. The van der Waals surface area contributed by atoms with Gasteiger partial charge in [0, 0.05) is 21.6 Å². The van der Waals surface area contributed by atoms with E-state index in [0.29, 0.717) is 5.56 Å². The molecule has 1 fully saturated rings. The second-order valence-corrected chi connectivity index (χ2v) is 11.0. The van der Waals surface area contributed by atoms with Gasteiger partial charge in [0.15, 0.2) is 0 Å². The number of ether oxygens (including phenoxy) is 1. The van der Waals surface area contributed by atoms with Crippen LogP contribution in [0.25, 0.3) is 0 Å². The van der Waals surface area contributed by atoms with E-state index in [4.69, 9.17) is 4.74 Å². The first-order chi connectivity index (χ1) is 15.0. The van der Waals surface area contributed by atoms with Crippen LogP contribution in [0, 0.1) is 0 Å². The summed E-state index contributed by atoms with van der Waals surface area (Å²) in [5.41, 5.74) is 0.133. The number of rotatable bonds is 7. The fourth-order valence-corrected chi connectivity index (χ4v) is 5.60. The standard InChI is InChI=1S/C21H22N2O7S2/c1-21(2,3)32-20(29)12-9-31-18-13(17(26)23(18)14(12)19(27)28)22-16(25)15(30-10-24)11-7-5-4-6-8-11/h4-8,10,13,15,18H,9H2,1-3H3,(H,22,25)(H,27,28)/t13?,15?,18-/m0/s1. The highest BCUT2D eigenvalue weighted by Crippen LogP contribution is 2.42. The Morgan fingerprint density at radius 2 is 1.94 bits per heavy atom. The molecule has 1 aromatic rings. The molecule has 170 valence electrons. The molecule has 0 spiro atoms. The number of carbonyl (C=O) groups is 5. The summed E-state index contributed by atoms with van der Waals surface area (Å²) >= 11 is 2.20. The van der Waals surface area contributed by atoms with Gasteiger partial charge in [-0.2, -0.15) is 0 Å². The van der Waals surface area contributed by atoms with E-state index in [1.165, 1.54) is 11.8 Å². The molecule has 0 radical (unpaired) electrons.